The molecule has 18 heavy (non-hydrogen) atoms. The molecule has 1 aliphatic rings. The first-order chi connectivity index (χ1) is 8.72. The molecule has 0 saturated carbocycles. The van der Waals surface area contributed by atoms with Crippen LogP contribution in [0.3, 0.4) is 0 Å². The Bertz CT molecular complexity index is 547. The number of halogens is 1. The average Bonchev–Trinajstić information content (AvgIpc) is 2.76. The van der Waals surface area contributed by atoms with Gasteiger partial charge < -0.3 is 5.32 Å². The molecule has 1 N–H and O–H groups in total. The number of nitrogens with zero attached hydrogens (tertiary/aromatic N) is 2. The zero-order chi connectivity index (χ0) is 12.5. The maximum absolute atomic E-state index is 5.96. The van der Waals surface area contributed by atoms with Gasteiger partial charge in [-0.05, 0) is 43.2 Å². The summed E-state index contributed by atoms with van der Waals surface area (Å²) in [5.41, 5.74) is 1.42. The normalized spacial score (nSPS) is 18.4. The number of thiophene rings is 1. The van der Waals surface area contributed by atoms with E-state index < -0.39 is 0 Å². The molecule has 0 amide bonds. The second-order valence-electron chi connectivity index (χ2n) is 4.51. The van der Waals surface area contributed by atoms with Crippen LogP contribution in [0, 0.1) is 6.92 Å². The van der Waals surface area contributed by atoms with Crippen molar-refractivity contribution in [2.75, 3.05) is 5.32 Å². The van der Waals surface area contributed by atoms with Crippen molar-refractivity contribution in [1.82, 2.24) is 9.97 Å². The third-order valence-corrected chi connectivity index (χ3v) is 4.37. The molecule has 0 radical (unpaired) electrons. The number of anilines is 1. The van der Waals surface area contributed by atoms with Crippen molar-refractivity contribution in [3.63, 3.8) is 0 Å². The topological polar surface area (TPSA) is 37.8 Å². The summed E-state index contributed by atoms with van der Waals surface area (Å²) in [5, 5.41) is 6.14. The number of hydrogen-bond donors (Lipinski definition) is 1. The number of nitrogens with one attached hydrogen (secondary N) is 1. The zero-order valence-electron chi connectivity index (χ0n) is 10.1. The van der Waals surface area contributed by atoms with Gasteiger partial charge in [0.05, 0.1) is 6.04 Å². The Morgan fingerprint density at radius 3 is 3.17 bits per heavy atom. The monoisotopic (exact) mass is 279 g/mol. The van der Waals surface area contributed by atoms with E-state index in [1.807, 2.05) is 18.3 Å². The van der Waals surface area contributed by atoms with Gasteiger partial charge in [0.15, 0.2) is 0 Å². The summed E-state index contributed by atoms with van der Waals surface area (Å²) in [6.45, 7) is 1.86. The molecular formula is C13H14ClN3S. The van der Waals surface area contributed by atoms with E-state index in [9.17, 15) is 0 Å². The molecule has 3 rings (SSSR count). The van der Waals surface area contributed by atoms with E-state index in [4.69, 9.17) is 11.6 Å². The molecule has 0 bridgehead atoms. The molecule has 0 fully saturated rings. The first-order valence-electron chi connectivity index (χ1n) is 6.06. The van der Waals surface area contributed by atoms with Gasteiger partial charge in [-0.1, -0.05) is 11.6 Å². The van der Waals surface area contributed by atoms with Crippen LogP contribution in [0.4, 0.5) is 5.82 Å². The fraction of sp³-hybridized carbons (Fsp3) is 0.385. The fourth-order valence-corrected chi connectivity index (χ4v) is 3.63. The smallest absolute Gasteiger partial charge is 0.134 e. The molecule has 2 heterocycles. The minimum absolute atomic E-state index is 0.352. The second-order valence-corrected chi connectivity index (χ2v) is 5.90. The summed E-state index contributed by atoms with van der Waals surface area (Å²) in [6.07, 6.45) is 3.57. The van der Waals surface area contributed by atoms with E-state index >= 15 is 0 Å². The minimum atomic E-state index is 0.352. The molecule has 5 heteroatoms. The SMILES string of the molecule is Cc1nc(Cl)cc(NC2CCCc3sccc32)n1. The van der Waals surface area contributed by atoms with Gasteiger partial charge in [-0.15, -0.1) is 11.3 Å². The molecule has 0 aromatic carbocycles. The van der Waals surface area contributed by atoms with E-state index in [-0.39, 0.29) is 0 Å². The van der Waals surface area contributed by atoms with Gasteiger partial charge in [0.25, 0.3) is 0 Å². The van der Waals surface area contributed by atoms with Crippen LogP contribution >= 0.6 is 22.9 Å². The standard InChI is InChI=1S/C13H14ClN3S/c1-8-15-12(14)7-13(16-8)17-10-3-2-4-11-9(10)5-6-18-11/h5-7,10H,2-4H2,1H3,(H,15,16,17). The van der Waals surface area contributed by atoms with Crippen LogP contribution in [-0.2, 0) is 6.42 Å². The Kier molecular flexibility index (Phi) is 3.22. The number of fused-ring (bicyclic) bond motifs is 1. The lowest BCUT2D eigenvalue weighted by Gasteiger charge is -2.24. The van der Waals surface area contributed by atoms with Gasteiger partial charge in [0.1, 0.15) is 16.8 Å². The fourth-order valence-electron chi connectivity index (χ4n) is 2.42. The molecule has 1 unspecified atom stereocenters. The molecule has 1 aliphatic carbocycles. The van der Waals surface area contributed by atoms with Gasteiger partial charge in [0.2, 0.25) is 0 Å². The molecule has 1 atom stereocenters. The number of hydrogen-bond acceptors (Lipinski definition) is 4. The zero-order valence-corrected chi connectivity index (χ0v) is 11.7. The van der Waals surface area contributed by atoms with Gasteiger partial charge in [-0.3, -0.25) is 0 Å². The molecule has 2 aromatic heterocycles. The van der Waals surface area contributed by atoms with Crippen LogP contribution in [0.25, 0.3) is 0 Å². The van der Waals surface area contributed by atoms with E-state index in [2.05, 4.69) is 26.7 Å². The summed E-state index contributed by atoms with van der Waals surface area (Å²) < 4.78 is 0. The first-order valence-corrected chi connectivity index (χ1v) is 7.32. The van der Waals surface area contributed by atoms with Crippen LogP contribution in [0.1, 0.15) is 35.1 Å². The van der Waals surface area contributed by atoms with Gasteiger partial charge in [0, 0.05) is 10.9 Å². The van der Waals surface area contributed by atoms with E-state index in [1.165, 1.54) is 23.3 Å². The van der Waals surface area contributed by atoms with Crippen LogP contribution in [0.2, 0.25) is 5.15 Å². The molecule has 2 aromatic rings. The van der Waals surface area contributed by atoms with Gasteiger partial charge in [-0.25, -0.2) is 9.97 Å². The van der Waals surface area contributed by atoms with Crippen molar-refractivity contribution in [3.8, 4) is 0 Å². The molecule has 0 saturated heterocycles. The van der Waals surface area contributed by atoms with Crippen molar-refractivity contribution in [2.24, 2.45) is 0 Å². The average molecular weight is 280 g/mol. The van der Waals surface area contributed by atoms with Gasteiger partial charge >= 0.3 is 0 Å². The highest BCUT2D eigenvalue weighted by molar-refractivity contribution is 7.10. The van der Waals surface area contributed by atoms with Crippen molar-refractivity contribution < 1.29 is 0 Å². The Morgan fingerprint density at radius 1 is 1.44 bits per heavy atom. The van der Waals surface area contributed by atoms with Crippen LogP contribution in [0.15, 0.2) is 17.5 Å². The highest BCUT2D eigenvalue weighted by Gasteiger charge is 2.21. The van der Waals surface area contributed by atoms with Crippen molar-refractivity contribution in [2.45, 2.75) is 32.2 Å². The lowest BCUT2D eigenvalue weighted by molar-refractivity contribution is 0.606. The summed E-state index contributed by atoms with van der Waals surface area (Å²) in [6, 6.07) is 4.35. The molecule has 94 valence electrons. The predicted octanol–water partition coefficient (Wildman–Crippen LogP) is 3.99. The molecule has 3 nitrogen and oxygen atoms in total. The lowest BCUT2D eigenvalue weighted by Crippen LogP contribution is -2.16. The molecule has 0 spiro atoms. The third-order valence-electron chi connectivity index (χ3n) is 3.18. The second kappa shape index (κ2) is 4.86. The number of rotatable bonds is 2. The highest BCUT2D eigenvalue weighted by Crippen LogP contribution is 2.35. The Balaban J connectivity index is 1.86. The van der Waals surface area contributed by atoms with Crippen molar-refractivity contribution in [1.29, 1.82) is 0 Å². The summed E-state index contributed by atoms with van der Waals surface area (Å²) in [7, 11) is 0. The third kappa shape index (κ3) is 2.35. The van der Waals surface area contributed by atoms with Crippen LogP contribution in [-0.4, -0.2) is 9.97 Å². The maximum atomic E-state index is 5.96. The van der Waals surface area contributed by atoms with E-state index in [1.54, 1.807) is 6.07 Å². The van der Waals surface area contributed by atoms with Crippen molar-refractivity contribution in [3.05, 3.63) is 38.9 Å². The van der Waals surface area contributed by atoms with Crippen LogP contribution < -0.4 is 5.32 Å². The van der Waals surface area contributed by atoms with Crippen LogP contribution in [0.5, 0.6) is 0 Å². The lowest BCUT2D eigenvalue weighted by atomic mass is 9.94. The number of aromatic nitrogens is 2. The molecular weight excluding hydrogens is 266 g/mol. The Hall–Kier alpha value is -1.13. The summed E-state index contributed by atoms with van der Waals surface area (Å²) >= 11 is 7.81. The summed E-state index contributed by atoms with van der Waals surface area (Å²) in [5.74, 6) is 1.52. The minimum Gasteiger partial charge on any atom is -0.363 e. The van der Waals surface area contributed by atoms with E-state index in [0.29, 0.717) is 17.0 Å². The Labute approximate surface area is 115 Å². The molecule has 0 aliphatic heterocycles. The largest absolute Gasteiger partial charge is 0.363 e. The Morgan fingerprint density at radius 2 is 2.33 bits per heavy atom. The maximum Gasteiger partial charge on any atom is 0.134 e. The first kappa shape index (κ1) is 11.9. The van der Waals surface area contributed by atoms with Gasteiger partial charge in [-0.2, -0.15) is 0 Å². The summed E-state index contributed by atoms with van der Waals surface area (Å²) in [4.78, 5) is 9.96. The van der Waals surface area contributed by atoms with E-state index in [0.717, 1.165) is 12.2 Å². The quantitative estimate of drug-likeness (QED) is 0.845. The highest BCUT2D eigenvalue weighted by atomic mass is 35.5. The van der Waals surface area contributed by atoms with Crippen molar-refractivity contribution >= 4 is 28.8 Å². The number of aryl methyl sites for hydroxylation is 2. The predicted molar refractivity (Wildman–Crippen MR) is 75.4 cm³/mol.